The maximum atomic E-state index is 12.4. The first-order chi connectivity index (χ1) is 12.2. The van der Waals surface area contributed by atoms with Gasteiger partial charge in [0.05, 0.1) is 14.2 Å². The molecule has 2 aromatic rings. The van der Waals surface area contributed by atoms with Crippen LogP contribution in [0, 0.1) is 0 Å². The van der Waals surface area contributed by atoms with Crippen LogP contribution in [0.2, 0.25) is 10.0 Å². The summed E-state index contributed by atoms with van der Waals surface area (Å²) in [6.07, 6.45) is 2.71. The number of hydrogen-bond acceptors (Lipinski definition) is 6. The minimum Gasteiger partial charge on any atom is -0.493 e. The van der Waals surface area contributed by atoms with E-state index in [1.54, 1.807) is 6.07 Å². The van der Waals surface area contributed by atoms with Crippen LogP contribution < -0.4 is 8.92 Å². The van der Waals surface area contributed by atoms with Gasteiger partial charge in [-0.3, -0.25) is 0 Å². The maximum absolute atomic E-state index is 12.4. The number of methoxy groups -OCH3 is 2. The number of halogens is 2. The van der Waals surface area contributed by atoms with Crippen molar-refractivity contribution in [3.63, 3.8) is 0 Å². The van der Waals surface area contributed by atoms with E-state index < -0.39 is 16.1 Å². The molecule has 26 heavy (non-hydrogen) atoms. The lowest BCUT2D eigenvalue weighted by atomic mass is 10.2. The van der Waals surface area contributed by atoms with E-state index >= 15 is 0 Å². The van der Waals surface area contributed by atoms with Gasteiger partial charge in [-0.2, -0.15) is 8.42 Å². The minimum atomic E-state index is -4.17. The zero-order valence-electron chi connectivity index (χ0n) is 13.7. The van der Waals surface area contributed by atoms with E-state index in [0.717, 1.165) is 0 Å². The maximum Gasteiger partial charge on any atom is 0.339 e. The molecule has 2 aromatic carbocycles. The van der Waals surface area contributed by atoms with Crippen LogP contribution in [0.25, 0.3) is 6.08 Å². The van der Waals surface area contributed by atoms with Gasteiger partial charge in [-0.1, -0.05) is 29.3 Å². The molecule has 0 heterocycles. The minimum absolute atomic E-state index is 0.0289. The van der Waals surface area contributed by atoms with Gasteiger partial charge in [0.2, 0.25) is 0 Å². The van der Waals surface area contributed by atoms with Crippen molar-refractivity contribution in [3.8, 4) is 11.5 Å². The molecule has 0 fully saturated rings. The topological polar surface area (TPSA) is 78.9 Å². The molecule has 0 N–H and O–H groups in total. The lowest BCUT2D eigenvalue weighted by Gasteiger charge is -2.12. The fourth-order valence-electron chi connectivity index (χ4n) is 1.93. The van der Waals surface area contributed by atoms with E-state index in [1.165, 1.54) is 56.7 Å². The van der Waals surface area contributed by atoms with Gasteiger partial charge in [0, 0.05) is 16.1 Å². The lowest BCUT2D eigenvalue weighted by Crippen LogP contribution is -2.10. The monoisotopic (exact) mass is 416 g/mol. The van der Waals surface area contributed by atoms with Gasteiger partial charge in [-0.05, 0) is 42.0 Å². The van der Waals surface area contributed by atoms with Gasteiger partial charge in [0.25, 0.3) is 0 Å². The number of benzene rings is 2. The highest BCUT2D eigenvalue weighted by Crippen LogP contribution is 2.32. The van der Waals surface area contributed by atoms with E-state index in [0.29, 0.717) is 5.56 Å². The summed E-state index contributed by atoms with van der Waals surface area (Å²) >= 11 is 11.7. The lowest BCUT2D eigenvalue weighted by molar-refractivity contribution is -0.134. The third kappa shape index (κ3) is 5.14. The van der Waals surface area contributed by atoms with Crippen molar-refractivity contribution in [2.24, 2.45) is 0 Å². The number of carbonyl (C=O) groups is 1. The molecule has 9 heteroatoms. The van der Waals surface area contributed by atoms with Crippen molar-refractivity contribution >= 4 is 45.4 Å². The molecular weight excluding hydrogens is 403 g/mol. The standard InChI is InChI=1S/C17H14Cl2O6S/c1-23-16-7-11(4-6-17(20)24-2)3-5-15(16)25-26(21,22)14-9-12(18)8-13(19)10-14/h3-10H,1-2H3/b6-4+. The van der Waals surface area contributed by atoms with Crippen LogP contribution >= 0.6 is 23.2 Å². The number of esters is 1. The highest BCUT2D eigenvalue weighted by atomic mass is 35.5. The van der Waals surface area contributed by atoms with Gasteiger partial charge in [-0.25, -0.2) is 4.79 Å². The first kappa shape index (κ1) is 20.1. The zero-order valence-corrected chi connectivity index (χ0v) is 16.1. The number of ether oxygens (including phenoxy) is 2. The molecule has 0 bridgehead atoms. The second-order valence-electron chi connectivity index (χ2n) is 4.91. The molecule has 0 saturated heterocycles. The predicted molar refractivity (Wildman–Crippen MR) is 98.3 cm³/mol. The molecule has 0 aliphatic rings. The predicted octanol–water partition coefficient (Wildman–Crippen LogP) is 3.96. The molecule has 0 aliphatic heterocycles. The summed E-state index contributed by atoms with van der Waals surface area (Å²) in [6, 6.07) is 8.32. The van der Waals surface area contributed by atoms with Gasteiger partial charge in [0.15, 0.2) is 11.5 Å². The number of hydrogen-bond donors (Lipinski definition) is 0. The highest BCUT2D eigenvalue weighted by Gasteiger charge is 2.20. The summed E-state index contributed by atoms with van der Waals surface area (Å²) in [5.41, 5.74) is 0.586. The Morgan fingerprint density at radius 1 is 1.00 bits per heavy atom. The summed E-state index contributed by atoms with van der Waals surface area (Å²) < 4.78 is 39.7. The molecule has 2 rings (SSSR count). The van der Waals surface area contributed by atoms with E-state index in [1.807, 2.05) is 0 Å². The second-order valence-corrected chi connectivity index (χ2v) is 7.33. The first-order valence-electron chi connectivity index (χ1n) is 7.10. The van der Waals surface area contributed by atoms with Crippen LogP contribution in [-0.4, -0.2) is 28.6 Å². The molecule has 0 spiro atoms. The zero-order chi connectivity index (χ0) is 19.3. The largest absolute Gasteiger partial charge is 0.493 e. The van der Waals surface area contributed by atoms with E-state index in [2.05, 4.69) is 4.74 Å². The van der Waals surface area contributed by atoms with Crippen LogP contribution in [0.5, 0.6) is 11.5 Å². The van der Waals surface area contributed by atoms with E-state index in [9.17, 15) is 13.2 Å². The molecule has 0 unspecified atom stereocenters. The molecule has 138 valence electrons. The summed E-state index contributed by atoms with van der Waals surface area (Å²) in [6.45, 7) is 0. The smallest absolute Gasteiger partial charge is 0.339 e. The molecule has 0 amide bonds. The Kier molecular flexibility index (Phi) is 6.52. The van der Waals surface area contributed by atoms with Crippen LogP contribution in [0.3, 0.4) is 0 Å². The Balaban J connectivity index is 2.33. The summed E-state index contributed by atoms with van der Waals surface area (Å²) in [5, 5.41) is 0.324. The Hall–Kier alpha value is -2.22. The fourth-order valence-corrected chi connectivity index (χ4v) is 3.60. The molecular formula is C17H14Cl2O6S. The highest BCUT2D eigenvalue weighted by molar-refractivity contribution is 7.87. The van der Waals surface area contributed by atoms with Crippen LogP contribution in [0.1, 0.15) is 5.56 Å². The second kappa shape index (κ2) is 8.44. The third-order valence-electron chi connectivity index (χ3n) is 3.12. The number of carbonyl (C=O) groups excluding carboxylic acids is 1. The summed E-state index contributed by atoms with van der Waals surface area (Å²) in [7, 11) is -1.55. The molecule has 0 atom stereocenters. The third-order valence-corrected chi connectivity index (χ3v) is 4.77. The van der Waals surface area contributed by atoms with Crippen molar-refractivity contribution in [3.05, 3.63) is 58.1 Å². The average Bonchev–Trinajstić information content (AvgIpc) is 2.59. The Morgan fingerprint density at radius 3 is 2.23 bits per heavy atom. The van der Waals surface area contributed by atoms with Crippen molar-refractivity contribution in [2.75, 3.05) is 14.2 Å². The Bertz CT molecular complexity index is 933. The normalized spacial score (nSPS) is 11.4. The summed E-state index contributed by atoms with van der Waals surface area (Å²) in [5.74, 6) is -0.391. The van der Waals surface area contributed by atoms with Crippen molar-refractivity contribution in [2.45, 2.75) is 4.90 Å². The van der Waals surface area contributed by atoms with Crippen LogP contribution in [0.4, 0.5) is 0 Å². The Morgan fingerprint density at radius 2 is 1.65 bits per heavy atom. The average molecular weight is 417 g/mol. The Labute approximate surface area is 161 Å². The van der Waals surface area contributed by atoms with Crippen molar-refractivity contribution in [1.29, 1.82) is 0 Å². The number of rotatable bonds is 6. The summed E-state index contributed by atoms with van der Waals surface area (Å²) in [4.78, 5) is 11.0. The quantitative estimate of drug-likeness (QED) is 0.402. The van der Waals surface area contributed by atoms with Gasteiger partial charge in [-0.15, -0.1) is 0 Å². The van der Waals surface area contributed by atoms with Crippen LogP contribution in [-0.2, 0) is 19.6 Å². The van der Waals surface area contributed by atoms with Gasteiger partial charge < -0.3 is 13.7 Å². The molecule has 0 aromatic heterocycles. The van der Waals surface area contributed by atoms with Crippen molar-refractivity contribution < 1.29 is 26.9 Å². The molecule has 6 nitrogen and oxygen atoms in total. The van der Waals surface area contributed by atoms with E-state index in [-0.39, 0.29) is 26.4 Å². The molecule has 0 radical (unpaired) electrons. The van der Waals surface area contributed by atoms with Gasteiger partial charge in [0.1, 0.15) is 4.90 Å². The molecule has 0 aliphatic carbocycles. The fraction of sp³-hybridized carbons (Fsp3) is 0.118. The van der Waals surface area contributed by atoms with Crippen LogP contribution in [0.15, 0.2) is 47.4 Å². The van der Waals surface area contributed by atoms with E-state index in [4.69, 9.17) is 32.1 Å². The first-order valence-corrected chi connectivity index (χ1v) is 9.26. The van der Waals surface area contributed by atoms with Gasteiger partial charge >= 0.3 is 16.1 Å². The van der Waals surface area contributed by atoms with Crippen molar-refractivity contribution in [1.82, 2.24) is 0 Å². The molecule has 0 saturated carbocycles. The SMILES string of the molecule is COC(=O)/C=C/c1ccc(OS(=O)(=O)c2cc(Cl)cc(Cl)c2)c(OC)c1.